The number of rotatable bonds is 2. The van der Waals surface area contributed by atoms with Gasteiger partial charge in [-0.2, -0.15) is 0 Å². The van der Waals surface area contributed by atoms with Gasteiger partial charge in [0.05, 0.1) is 11.7 Å². The Hall–Kier alpha value is -0.140. The van der Waals surface area contributed by atoms with E-state index in [0.717, 1.165) is 5.04 Å². The van der Waals surface area contributed by atoms with Gasteiger partial charge in [0.2, 0.25) is 0 Å². The van der Waals surface area contributed by atoms with E-state index < -0.39 is 12.2 Å². The number of ether oxygens (including phenoxy) is 1. The Morgan fingerprint density at radius 2 is 2.29 bits per heavy atom. The fourth-order valence-corrected chi connectivity index (χ4v) is 2.74. The van der Waals surface area contributed by atoms with Gasteiger partial charge in [0.25, 0.3) is 0 Å². The van der Waals surface area contributed by atoms with Crippen LogP contribution in [0.1, 0.15) is 6.42 Å². The molecule has 5 nitrogen and oxygen atoms in total. The molecule has 0 bridgehead atoms. The van der Waals surface area contributed by atoms with Crippen molar-refractivity contribution in [3.05, 3.63) is 0 Å². The van der Waals surface area contributed by atoms with Gasteiger partial charge in [0.1, 0.15) is 23.7 Å². The Balaban J connectivity index is 2.05. The summed E-state index contributed by atoms with van der Waals surface area (Å²) in [6.07, 6.45) is -1.21. The van der Waals surface area contributed by atoms with E-state index in [1.165, 1.54) is 11.8 Å². The highest BCUT2D eigenvalue weighted by atomic mass is 32.2. The Labute approximate surface area is 85.8 Å². The van der Waals surface area contributed by atoms with Crippen molar-refractivity contribution >= 4 is 16.8 Å². The lowest BCUT2D eigenvalue weighted by molar-refractivity contribution is -0.105. The van der Waals surface area contributed by atoms with Crippen molar-refractivity contribution in [3.8, 4) is 0 Å². The first kappa shape index (κ1) is 10.4. The predicted octanol–water partition coefficient (Wildman–Crippen LogP) is -1.04. The maximum atomic E-state index is 9.62. The third-order valence-electron chi connectivity index (χ3n) is 2.33. The molecule has 1 fully saturated rings. The molecule has 0 radical (unpaired) electrons. The van der Waals surface area contributed by atoms with Crippen LogP contribution >= 0.6 is 11.8 Å². The number of nitrogens with zero attached hydrogens (tertiary/aromatic N) is 1. The van der Waals surface area contributed by atoms with Crippen molar-refractivity contribution in [1.29, 1.82) is 0 Å². The van der Waals surface area contributed by atoms with Crippen molar-refractivity contribution in [1.82, 2.24) is 0 Å². The van der Waals surface area contributed by atoms with Crippen LogP contribution in [0, 0.1) is 0 Å². The second-order valence-electron chi connectivity index (χ2n) is 3.36. The molecular formula is C8H13NO4S. The number of aliphatic hydroxyl groups is 3. The van der Waals surface area contributed by atoms with Gasteiger partial charge >= 0.3 is 0 Å². The van der Waals surface area contributed by atoms with E-state index in [2.05, 4.69) is 4.99 Å². The smallest absolute Gasteiger partial charge is 0.133 e. The minimum absolute atomic E-state index is 0.0456. The normalized spacial score (nSPS) is 42.1. The van der Waals surface area contributed by atoms with Gasteiger partial charge in [-0.1, -0.05) is 11.8 Å². The molecule has 0 saturated carbocycles. The number of aliphatic imine (C=N–C) groups is 1. The standard InChI is InChI=1S/C8H13NO4S/c10-2-1-5-9-6-7(12)4(11)3-13-8(6)14-5/h4,6-8,10-12H,1-3H2. The molecule has 0 spiro atoms. The van der Waals surface area contributed by atoms with E-state index in [4.69, 9.17) is 9.84 Å². The third kappa shape index (κ3) is 1.80. The summed E-state index contributed by atoms with van der Waals surface area (Å²) in [7, 11) is 0. The minimum Gasteiger partial charge on any atom is -0.396 e. The Morgan fingerprint density at radius 3 is 3.00 bits per heavy atom. The molecule has 0 aromatic heterocycles. The second kappa shape index (κ2) is 4.16. The lowest BCUT2D eigenvalue weighted by Gasteiger charge is -2.31. The molecular weight excluding hydrogens is 206 g/mol. The predicted molar refractivity (Wildman–Crippen MR) is 52.3 cm³/mol. The summed E-state index contributed by atoms with van der Waals surface area (Å²) in [5.41, 5.74) is -0.199. The van der Waals surface area contributed by atoms with E-state index >= 15 is 0 Å². The van der Waals surface area contributed by atoms with E-state index in [1.807, 2.05) is 0 Å². The van der Waals surface area contributed by atoms with Crippen LogP contribution in [-0.4, -0.2) is 57.3 Å². The lowest BCUT2D eigenvalue weighted by Crippen LogP contribution is -2.49. The average molecular weight is 219 g/mol. The first-order chi connectivity index (χ1) is 6.72. The van der Waals surface area contributed by atoms with Gasteiger partial charge < -0.3 is 20.1 Å². The van der Waals surface area contributed by atoms with Crippen molar-refractivity contribution in [3.63, 3.8) is 0 Å². The zero-order valence-electron chi connectivity index (χ0n) is 7.54. The quantitative estimate of drug-likeness (QED) is 0.552. The van der Waals surface area contributed by atoms with Crippen LogP contribution in [0.3, 0.4) is 0 Å². The molecule has 80 valence electrons. The van der Waals surface area contributed by atoms with Gasteiger partial charge in [0, 0.05) is 13.0 Å². The van der Waals surface area contributed by atoms with Crippen molar-refractivity contribution < 1.29 is 20.1 Å². The van der Waals surface area contributed by atoms with Crippen molar-refractivity contribution in [2.24, 2.45) is 4.99 Å². The molecule has 4 atom stereocenters. The molecule has 4 unspecified atom stereocenters. The summed E-state index contributed by atoms with van der Waals surface area (Å²) >= 11 is 1.42. The van der Waals surface area contributed by atoms with Gasteiger partial charge in [-0.15, -0.1) is 0 Å². The first-order valence-electron chi connectivity index (χ1n) is 4.54. The van der Waals surface area contributed by atoms with Gasteiger partial charge in [-0.25, -0.2) is 0 Å². The Bertz CT molecular complexity index is 247. The second-order valence-corrected chi connectivity index (χ2v) is 4.54. The molecule has 1 saturated heterocycles. The summed E-state index contributed by atoms with van der Waals surface area (Å²) in [6.45, 7) is 0.196. The minimum atomic E-state index is -0.853. The summed E-state index contributed by atoms with van der Waals surface area (Å²) in [5.74, 6) is 0. The molecule has 0 aromatic carbocycles. The maximum Gasteiger partial charge on any atom is 0.133 e. The van der Waals surface area contributed by atoms with Crippen LogP contribution in [0.25, 0.3) is 0 Å². The monoisotopic (exact) mass is 219 g/mol. The largest absolute Gasteiger partial charge is 0.396 e. The molecule has 6 heteroatoms. The van der Waals surface area contributed by atoms with Crippen LogP contribution in [0.4, 0.5) is 0 Å². The van der Waals surface area contributed by atoms with E-state index in [1.54, 1.807) is 0 Å². The van der Waals surface area contributed by atoms with Crippen molar-refractivity contribution in [2.45, 2.75) is 30.1 Å². The highest BCUT2D eigenvalue weighted by Gasteiger charge is 2.43. The third-order valence-corrected chi connectivity index (χ3v) is 3.55. The zero-order chi connectivity index (χ0) is 10.1. The summed E-state index contributed by atoms with van der Waals surface area (Å²) < 4.78 is 5.32. The highest BCUT2D eigenvalue weighted by molar-refractivity contribution is 8.14. The van der Waals surface area contributed by atoms with Gasteiger partial charge in [0.15, 0.2) is 0 Å². The Kier molecular flexibility index (Phi) is 3.08. The van der Waals surface area contributed by atoms with Crippen LogP contribution in [0.2, 0.25) is 0 Å². The molecule has 3 N–H and O–H groups in total. The summed E-state index contributed by atoms with van der Waals surface area (Å²) in [4.78, 5) is 4.22. The van der Waals surface area contributed by atoms with Crippen LogP contribution in [0.5, 0.6) is 0 Å². The topological polar surface area (TPSA) is 82.3 Å². The van der Waals surface area contributed by atoms with E-state index in [-0.39, 0.29) is 24.7 Å². The SMILES string of the molecule is OCCC1=NC2C(OCC(O)C2O)S1. The van der Waals surface area contributed by atoms with E-state index in [0.29, 0.717) is 6.42 Å². The van der Waals surface area contributed by atoms with Crippen LogP contribution in [-0.2, 0) is 4.74 Å². The Morgan fingerprint density at radius 1 is 1.50 bits per heavy atom. The number of hydrogen-bond acceptors (Lipinski definition) is 6. The maximum absolute atomic E-state index is 9.62. The number of aliphatic hydroxyl groups excluding tert-OH is 3. The first-order valence-corrected chi connectivity index (χ1v) is 5.42. The summed E-state index contributed by atoms with van der Waals surface area (Å²) in [6, 6.07) is -0.384. The van der Waals surface area contributed by atoms with Gasteiger partial charge in [-0.05, 0) is 0 Å². The lowest BCUT2D eigenvalue weighted by atomic mass is 10.0. The molecule has 0 aliphatic carbocycles. The molecule has 2 aliphatic heterocycles. The van der Waals surface area contributed by atoms with Gasteiger partial charge in [-0.3, -0.25) is 4.99 Å². The molecule has 2 aliphatic rings. The zero-order valence-corrected chi connectivity index (χ0v) is 8.35. The average Bonchev–Trinajstić information content (AvgIpc) is 2.56. The molecule has 2 rings (SSSR count). The number of thioether (sulfide) groups is 1. The summed E-state index contributed by atoms with van der Waals surface area (Å²) in [5, 5.41) is 28.5. The number of fused-ring (bicyclic) bond motifs is 1. The fourth-order valence-electron chi connectivity index (χ4n) is 1.57. The molecule has 0 amide bonds. The number of hydrogen-bond donors (Lipinski definition) is 3. The highest BCUT2D eigenvalue weighted by Crippen LogP contribution is 2.34. The van der Waals surface area contributed by atoms with Crippen LogP contribution in [0.15, 0.2) is 4.99 Å². The molecule has 2 heterocycles. The fraction of sp³-hybridized carbons (Fsp3) is 0.875. The molecule has 14 heavy (non-hydrogen) atoms. The van der Waals surface area contributed by atoms with Crippen molar-refractivity contribution in [2.75, 3.05) is 13.2 Å². The molecule has 0 aromatic rings. The van der Waals surface area contributed by atoms with Crippen LogP contribution < -0.4 is 0 Å². The van der Waals surface area contributed by atoms with E-state index in [9.17, 15) is 10.2 Å².